The molecule has 0 amide bonds. The first-order valence-electron chi connectivity index (χ1n) is 10.2. The second kappa shape index (κ2) is 9.02. The fraction of sp³-hybridized carbons (Fsp3) is 0.696. The van der Waals surface area contributed by atoms with E-state index < -0.39 is 23.9 Å². The zero-order valence-electron chi connectivity index (χ0n) is 18.7. The van der Waals surface area contributed by atoms with Gasteiger partial charge in [-0.25, -0.2) is 0 Å². The van der Waals surface area contributed by atoms with Gasteiger partial charge in [0.25, 0.3) is 0 Å². The van der Waals surface area contributed by atoms with E-state index in [0.29, 0.717) is 5.75 Å². The van der Waals surface area contributed by atoms with Crippen molar-refractivity contribution in [3.05, 3.63) is 29.3 Å². The van der Waals surface area contributed by atoms with Crippen molar-refractivity contribution in [1.82, 2.24) is 0 Å². The molecule has 0 unspecified atom stereocenters. The normalized spacial score (nSPS) is 25.6. The van der Waals surface area contributed by atoms with E-state index in [1.54, 1.807) is 6.92 Å². The quantitative estimate of drug-likeness (QED) is 0.726. The molecule has 0 aromatic heterocycles. The van der Waals surface area contributed by atoms with Gasteiger partial charge in [-0.3, -0.25) is 4.79 Å². The number of carbonyl (C=O) groups is 1. The summed E-state index contributed by atoms with van der Waals surface area (Å²) in [6.45, 7) is 13.9. The Balaban J connectivity index is 2.19. The number of benzene rings is 1. The highest BCUT2D eigenvalue weighted by atomic mass is 16.7. The van der Waals surface area contributed by atoms with Crippen LogP contribution in [0.15, 0.2) is 18.2 Å². The van der Waals surface area contributed by atoms with Crippen LogP contribution in [-0.2, 0) is 27.3 Å². The lowest BCUT2D eigenvalue weighted by Crippen LogP contribution is -2.50. The number of carbonyl (C=O) groups excluding carboxylic acids is 1. The number of esters is 1. The van der Waals surface area contributed by atoms with Crippen molar-refractivity contribution < 1.29 is 29.2 Å². The molecule has 0 spiro atoms. The third-order valence-corrected chi connectivity index (χ3v) is 4.86. The lowest BCUT2D eigenvalue weighted by molar-refractivity contribution is -0.214. The van der Waals surface area contributed by atoms with Gasteiger partial charge in [0, 0.05) is 5.92 Å². The number of aliphatic hydroxyl groups is 2. The summed E-state index contributed by atoms with van der Waals surface area (Å²) < 4.78 is 17.1. The number of rotatable bonds is 5. The van der Waals surface area contributed by atoms with Gasteiger partial charge in [-0.1, -0.05) is 33.8 Å². The molecule has 0 radical (unpaired) electrons. The largest absolute Gasteiger partial charge is 0.464 e. The van der Waals surface area contributed by atoms with Crippen LogP contribution in [0, 0.1) is 16.7 Å². The lowest BCUT2D eigenvalue weighted by Gasteiger charge is -2.36. The van der Waals surface area contributed by atoms with Gasteiger partial charge in [0.1, 0.15) is 18.5 Å². The Morgan fingerprint density at radius 1 is 1.17 bits per heavy atom. The van der Waals surface area contributed by atoms with Crippen LogP contribution in [0.1, 0.15) is 59.6 Å². The van der Waals surface area contributed by atoms with E-state index in [1.807, 2.05) is 39.0 Å². The van der Waals surface area contributed by atoms with Crippen molar-refractivity contribution in [3.63, 3.8) is 0 Å². The van der Waals surface area contributed by atoms with Crippen molar-refractivity contribution in [2.45, 2.75) is 80.0 Å². The predicted molar refractivity (Wildman–Crippen MR) is 110 cm³/mol. The van der Waals surface area contributed by atoms with Crippen LogP contribution in [0.5, 0.6) is 5.75 Å². The molecular formula is C23H36O6. The summed E-state index contributed by atoms with van der Waals surface area (Å²) in [6.07, 6.45) is -1.68. The fourth-order valence-corrected chi connectivity index (χ4v) is 3.13. The van der Waals surface area contributed by atoms with E-state index in [2.05, 4.69) is 20.8 Å². The molecule has 2 rings (SSSR count). The van der Waals surface area contributed by atoms with E-state index in [4.69, 9.17) is 14.2 Å². The molecular weight excluding hydrogens is 372 g/mol. The maximum Gasteiger partial charge on any atom is 0.311 e. The zero-order chi connectivity index (χ0) is 22.0. The van der Waals surface area contributed by atoms with Crippen LogP contribution in [-0.4, -0.2) is 41.3 Å². The Bertz CT molecular complexity index is 700. The first-order valence-corrected chi connectivity index (χ1v) is 10.2. The molecule has 6 heteroatoms. The van der Waals surface area contributed by atoms with E-state index >= 15 is 0 Å². The highest BCUT2D eigenvalue weighted by molar-refractivity contribution is 5.75. The van der Waals surface area contributed by atoms with Crippen LogP contribution in [0.3, 0.4) is 0 Å². The third-order valence-electron chi connectivity index (χ3n) is 4.86. The topological polar surface area (TPSA) is 85.2 Å². The van der Waals surface area contributed by atoms with Crippen molar-refractivity contribution in [2.24, 2.45) is 16.7 Å². The average molecular weight is 409 g/mol. The van der Waals surface area contributed by atoms with E-state index in [9.17, 15) is 15.0 Å². The van der Waals surface area contributed by atoms with Crippen LogP contribution >= 0.6 is 0 Å². The Hall–Kier alpha value is -1.63. The summed E-state index contributed by atoms with van der Waals surface area (Å²) in [5.74, 6) is 0.0621. The SMILES string of the molecule is C[C@H]1[C@@H](Oc2ccc(COC(=O)C(C)(C)C)cc2CC(C)(C)C)OC[C@@H](O)[C@@H]1O. The Morgan fingerprint density at radius 2 is 1.83 bits per heavy atom. The van der Waals surface area contributed by atoms with Crippen LogP contribution < -0.4 is 4.74 Å². The number of hydrogen-bond acceptors (Lipinski definition) is 6. The smallest absolute Gasteiger partial charge is 0.311 e. The highest BCUT2D eigenvalue weighted by Gasteiger charge is 2.37. The van der Waals surface area contributed by atoms with Gasteiger partial charge in [-0.05, 0) is 55.9 Å². The summed E-state index contributed by atoms with van der Waals surface area (Å²) in [4.78, 5) is 12.1. The minimum Gasteiger partial charge on any atom is -0.464 e. The van der Waals surface area contributed by atoms with Gasteiger partial charge in [0.15, 0.2) is 0 Å². The van der Waals surface area contributed by atoms with Gasteiger partial charge < -0.3 is 24.4 Å². The first kappa shape index (κ1) is 23.6. The monoisotopic (exact) mass is 408 g/mol. The van der Waals surface area contributed by atoms with Crippen LogP contribution in [0.4, 0.5) is 0 Å². The van der Waals surface area contributed by atoms with Crippen LogP contribution in [0.2, 0.25) is 0 Å². The van der Waals surface area contributed by atoms with Crippen molar-refractivity contribution in [1.29, 1.82) is 0 Å². The molecule has 29 heavy (non-hydrogen) atoms. The second-order valence-corrected chi connectivity index (χ2v) is 10.2. The van der Waals surface area contributed by atoms with Gasteiger partial charge >= 0.3 is 5.97 Å². The summed E-state index contributed by atoms with van der Waals surface area (Å²) in [5.41, 5.74) is 1.35. The molecule has 0 aliphatic carbocycles. The Morgan fingerprint density at radius 3 is 2.41 bits per heavy atom. The predicted octanol–water partition coefficient (Wildman–Crippen LogP) is 3.46. The first-order chi connectivity index (χ1) is 13.3. The average Bonchev–Trinajstić information content (AvgIpc) is 2.59. The zero-order valence-corrected chi connectivity index (χ0v) is 18.7. The standard InChI is InChI=1S/C23H36O6/c1-14-19(25)17(24)13-27-20(14)29-18-9-8-15(10-16(18)11-22(2,3)4)12-28-21(26)23(5,6)7/h8-10,14,17,19-20,24-25H,11-13H2,1-7H3/t14-,17-,19-,20-/m1/s1. The minimum absolute atomic E-state index is 0.0214. The summed E-state index contributed by atoms with van der Waals surface area (Å²) >= 11 is 0. The van der Waals surface area contributed by atoms with Gasteiger partial charge in [0.2, 0.25) is 6.29 Å². The number of hydrogen-bond donors (Lipinski definition) is 2. The molecule has 1 heterocycles. The maximum atomic E-state index is 12.1. The van der Waals surface area contributed by atoms with Gasteiger partial charge in [-0.15, -0.1) is 0 Å². The molecule has 6 nitrogen and oxygen atoms in total. The molecule has 2 N–H and O–H groups in total. The molecule has 0 bridgehead atoms. The Labute approximate surface area is 174 Å². The molecule has 164 valence electrons. The van der Waals surface area contributed by atoms with Crippen molar-refractivity contribution >= 4 is 5.97 Å². The summed E-state index contributed by atoms with van der Waals surface area (Å²) in [7, 11) is 0. The summed E-state index contributed by atoms with van der Waals surface area (Å²) in [5, 5.41) is 19.9. The van der Waals surface area contributed by atoms with Crippen molar-refractivity contribution in [2.75, 3.05) is 6.61 Å². The van der Waals surface area contributed by atoms with E-state index in [0.717, 1.165) is 17.5 Å². The minimum atomic E-state index is -0.904. The third kappa shape index (κ3) is 6.69. The van der Waals surface area contributed by atoms with Crippen LogP contribution in [0.25, 0.3) is 0 Å². The Kier molecular flexibility index (Phi) is 7.36. The fourth-order valence-electron chi connectivity index (χ4n) is 3.13. The number of ether oxygens (including phenoxy) is 3. The maximum absolute atomic E-state index is 12.1. The summed E-state index contributed by atoms with van der Waals surface area (Å²) in [6, 6.07) is 5.72. The molecule has 0 saturated carbocycles. The molecule has 1 saturated heterocycles. The number of aliphatic hydroxyl groups excluding tert-OH is 2. The second-order valence-electron chi connectivity index (χ2n) is 10.2. The van der Waals surface area contributed by atoms with Crippen molar-refractivity contribution in [3.8, 4) is 5.75 Å². The lowest BCUT2D eigenvalue weighted by atomic mass is 9.87. The molecule has 1 aromatic carbocycles. The molecule has 1 aliphatic heterocycles. The molecule has 4 atom stereocenters. The van der Waals surface area contributed by atoms with E-state index in [1.165, 1.54) is 0 Å². The highest BCUT2D eigenvalue weighted by Crippen LogP contribution is 2.32. The van der Waals surface area contributed by atoms with Gasteiger partial charge in [-0.2, -0.15) is 0 Å². The molecule has 1 aromatic rings. The van der Waals surface area contributed by atoms with E-state index in [-0.39, 0.29) is 30.5 Å². The molecule has 1 aliphatic rings. The van der Waals surface area contributed by atoms with Gasteiger partial charge in [0.05, 0.1) is 18.1 Å². The molecule has 1 fully saturated rings.